The second-order valence-corrected chi connectivity index (χ2v) is 13.2. The van der Waals surface area contributed by atoms with Crippen molar-refractivity contribution >= 4 is 33.4 Å². The first-order chi connectivity index (χ1) is 17.4. The van der Waals surface area contributed by atoms with Gasteiger partial charge in [0.2, 0.25) is 5.91 Å². The lowest BCUT2D eigenvalue weighted by Crippen LogP contribution is -2.34. The van der Waals surface area contributed by atoms with Gasteiger partial charge in [-0.1, -0.05) is 74.1 Å². The quantitative estimate of drug-likeness (QED) is 0.123. The molecule has 0 saturated carbocycles. The van der Waals surface area contributed by atoms with Gasteiger partial charge in [-0.15, -0.1) is 0 Å². The van der Waals surface area contributed by atoms with Gasteiger partial charge >= 0.3 is 0 Å². The third-order valence-electron chi connectivity index (χ3n) is 4.36. The fourth-order valence-corrected chi connectivity index (χ4v) is 4.81. The molecule has 3 N–H and O–H groups in total. The Balaban J connectivity index is 2.60. The minimum atomic E-state index is -0.680. The van der Waals surface area contributed by atoms with Gasteiger partial charge in [0, 0.05) is 29.3 Å². The maximum absolute atomic E-state index is 12.4. The topological polar surface area (TPSA) is 97.9 Å². The van der Waals surface area contributed by atoms with Crippen molar-refractivity contribution in [2.75, 3.05) is 53.1 Å². The Kier molecular flexibility index (Phi) is 15.7. The molecular formula is C27H43N3O5S2. The fraction of sp³-hybridized carbons (Fsp3) is 0.630. The van der Waals surface area contributed by atoms with Gasteiger partial charge in [0.05, 0.1) is 19.8 Å². The highest BCUT2D eigenvalue weighted by molar-refractivity contribution is 8.77. The lowest BCUT2D eigenvalue weighted by atomic mass is 10.2. The molecule has 0 aliphatic rings. The monoisotopic (exact) mass is 553 g/mol. The lowest BCUT2D eigenvalue weighted by Gasteiger charge is -2.31. The summed E-state index contributed by atoms with van der Waals surface area (Å²) < 4.78 is 17.7. The smallest absolute Gasteiger partial charge is 0.251 e. The Hall–Kier alpha value is -1.90. The van der Waals surface area contributed by atoms with Crippen LogP contribution in [0.3, 0.4) is 0 Å². The van der Waals surface area contributed by atoms with E-state index in [1.807, 2.05) is 33.9 Å². The maximum Gasteiger partial charge on any atom is 0.251 e. The van der Waals surface area contributed by atoms with Gasteiger partial charge in [-0.05, 0) is 32.2 Å². The number of likely N-dealkylation sites (N-methyl/N-ethyl adjacent to an activating group) is 1. The Labute approximate surface area is 230 Å². The second-order valence-electron chi connectivity index (χ2n) is 9.74. The van der Waals surface area contributed by atoms with E-state index in [0.29, 0.717) is 37.6 Å². The molecule has 0 bridgehead atoms. The molecule has 1 aromatic rings. The Morgan fingerprint density at radius 2 is 1.81 bits per heavy atom. The summed E-state index contributed by atoms with van der Waals surface area (Å²) in [5.74, 6) is 6.40. The Morgan fingerprint density at radius 3 is 2.49 bits per heavy atom. The maximum atomic E-state index is 12.4. The van der Waals surface area contributed by atoms with Crippen LogP contribution in [0.5, 0.6) is 5.75 Å². The van der Waals surface area contributed by atoms with Gasteiger partial charge in [0.25, 0.3) is 5.91 Å². The first kappa shape index (κ1) is 33.1. The molecule has 0 aliphatic carbocycles. The summed E-state index contributed by atoms with van der Waals surface area (Å²) in [5, 5.41) is 8.57. The zero-order valence-corrected chi connectivity index (χ0v) is 24.8. The average molecular weight is 554 g/mol. The van der Waals surface area contributed by atoms with E-state index >= 15 is 0 Å². The molecule has 1 aromatic carbocycles. The van der Waals surface area contributed by atoms with Crippen LogP contribution in [0.15, 0.2) is 24.3 Å². The van der Waals surface area contributed by atoms with E-state index in [2.05, 4.69) is 48.6 Å². The van der Waals surface area contributed by atoms with Crippen LogP contribution in [0, 0.1) is 17.8 Å². The first-order valence-electron chi connectivity index (χ1n) is 12.4. The standard InChI is InChI=1S/C27H43N3O5S2/c1-21(2)10-9-13-29-24(31)19-33-16-17-35-27(6,37-36-26(3,4)5)20-34-23-12-8-11-22(18-23)25(32)30-15-14-28-7/h8,11-12,18,21,28H,13-17,19-20H2,1-7H3,(H,29,31)(H,30,32). The Morgan fingerprint density at radius 1 is 1.05 bits per heavy atom. The zero-order valence-electron chi connectivity index (χ0n) is 23.2. The minimum absolute atomic E-state index is 0.0215. The van der Waals surface area contributed by atoms with E-state index in [1.165, 1.54) is 0 Å². The van der Waals surface area contributed by atoms with Gasteiger partial charge in [-0.25, -0.2) is 0 Å². The summed E-state index contributed by atoms with van der Waals surface area (Å²) in [7, 11) is 5.13. The van der Waals surface area contributed by atoms with Crippen molar-refractivity contribution in [3.63, 3.8) is 0 Å². The van der Waals surface area contributed by atoms with E-state index in [0.717, 1.165) is 0 Å². The van der Waals surface area contributed by atoms with Crippen LogP contribution >= 0.6 is 21.6 Å². The molecular weight excluding hydrogens is 510 g/mol. The first-order valence-corrected chi connectivity index (χ1v) is 14.6. The SMILES string of the molecule is CNCCNC(=O)c1cccc(OCC(C)(OCCOCC(=O)NCC#CC(C)C)SSC(C)(C)C)c1. The molecule has 0 heterocycles. The number of carbonyl (C=O) groups is 2. The third-order valence-corrected chi connectivity index (χ3v) is 8.34. The number of nitrogens with one attached hydrogen (secondary N) is 3. The van der Waals surface area contributed by atoms with Crippen LogP contribution in [0.25, 0.3) is 0 Å². The zero-order chi connectivity index (χ0) is 27.7. The van der Waals surface area contributed by atoms with E-state index in [4.69, 9.17) is 14.2 Å². The normalized spacial score (nSPS) is 12.9. The summed E-state index contributed by atoms with van der Waals surface area (Å²) in [6.45, 7) is 14.7. The summed E-state index contributed by atoms with van der Waals surface area (Å²) in [6, 6.07) is 7.10. The van der Waals surface area contributed by atoms with Crippen molar-refractivity contribution in [3.8, 4) is 17.6 Å². The fourth-order valence-electron chi connectivity index (χ4n) is 2.58. The molecule has 37 heavy (non-hydrogen) atoms. The molecule has 1 rings (SSSR count). The highest BCUT2D eigenvalue weighted by atomic mass is 33.1. The molecule has 8 nitrogen and oxygen atoms in total. The molecule has 2 amide bonds. The number of rotatable bonds is 16. The third kappa shape index (κ3) is 16.5. The highest BCUT2D eigenvalue weighted by Gasteiger charge is 2.30. The average Bonchev–Trinajstić information content (AvgIpc) is 2.84. The van der Waals surface area contributed by atoms with Gasteiger partial charge in [0.1, 0.15) is 19.0 Å². The highest BCUT2D eigenvalue weighted by Crippen LogP contribution is 2.44. The molecule has 208 valence electrons. The van der Waals surface area contributed by atoms with Crippen molar-refractivity contribution in [2.45, 2.75) is 51.2 Å². The van der Waals surface area contributed by atoms with Crippen LogP contribution in [0.1, 0.15) is 51.9 Å². The summed E-state index contributed by atoms with van der Waals surface area (Å²) >= 11 is 0. The van der Waals surface area contributed by atoms with Crippen LogP contribution in [0.4, 0.5) is 0 Å². The van der Waals surface area contributed by atoms with Gasteiger partial charge < -0.3 is 30.2 Å². The van der Waals surface area contributed by atoms with Crippen molar-refractivity contribution in [2.24, 2.45) is 5.92 Å². The van der Waals surface area contributed by atoms with Crippen LogP contribution in [-0.2, 0) is 14.3 Å². The van der Waals surface area contributed by atoms with Gasteiger partial charge in [-0.2, -0.15) is 0 Å². The second kappa shape index (κ2) is 17.6. The van der Waals surface area contributed by atoms with Crippen molar-refractivity contribution in [1.82, 2.24) is 16.0 Å². The van der Waals surface area contributed by atoms with Crippen molar-refractivity contribution in [1.29, 1.82) is 0 Å². The van der Waals surface area contributed by atoms with E-state index in [-0.39, 0.29) is 42.3 Å². The summed E-state index contributed by atoms with van der Waals surface area (Å²) in [4.78, 5) is 23.5. The Bertz CT molecular complexity index is 896. The molecule has 0 saturated heterocycles. The van der Waals surface area contributed by atoms with Crippen LogP contribution in [-0.4, -0.2) is 74.6 Å². The summed E-state index contributed by atoms with van der Waals surface area (Å²) in [5.41, 5.74) is 0.537. The number of carbonyl (C=O) groups excluding carboxylic acids is 2. The molecule has 0 aliphatic heterocycles. The molecule has 10 heteroatoms. The van der Waals surface area contributed by atoms with Crippen molar-refractivity contribution in [3.05, 3.63) is 29.8 Å². The lowest BCUT2D eigenvalue weighted by molar-refractivity contribution is -0.126. The molecule has 1 unspecified atom stereocenters. The van der Waals surface area contributed by atoms with Crippen molar-refractivity contribution < 1.29 is 23.8 Å². The van der Waals surface area contributed by atoms with E-state index < -0.39 is 4.93 Å². The van der Waals surface area contributed by atoms with Crippen LogP contribution in [0.2, 0.25) is 0 Å². The number of hydrogen-bond acceptors (Lipinski definition) is 8. The largest absolute Gasteiger partial charge is 0.490 e. The molecule has 0 radical (unpaired) electrons. The molecule has 0 aromatic heterocycles. The van der Waals surface area contributed by atoms with E-state index in [1.54, 1.807) is 39.8 Å². The van der Waals surface area contributed by atoms with E-state index in [9.17, 15) is 9.59 Å². The predicted molar refractivity (Wildman–Crippen MR) is 154 cm³/mol. The molecule has 0 spiro atoms. The van der Waals surface area contributed by atoms with Gasteiger partial charge in [0.15, 0.2) is 4.93 Å². The van der Waals surface area contributed by atoms with Gasteiger partial charge in [-0.3, -0.25) is 9.59 Å². The molecule has 1 atom stereocenters. The molecule has 0 fully saturated rings. The number of amides is 2. The number of hydrogen-bond donors (Lipinski definition) is 3. The predicted octanol–water partition coefficient (Wildman–Crippen LogP) is 3.72. The number of benzene rings is 1. The number of ether oxygens (including phenoxy) is 3. The summed E-state index contributed by atoms with van der Waals surface area (Å²) in [6.07, 6.45) is 0. The minimum Gasteiger partial charge on any atom is -0.490 e. The van der Waals surface area contributed by atoms with Crippen LogP contribution < -0.4 is 20.7 Å².